The van der Waals surface area contributed by atoms with Crippen molar-refractivity contribution in [2.24, 2.45) is 28.0 Å². The van der Waals surface area contributed by atoms with Crippen molar-refractivity contribution in [3.05, 3.63) is 30.3 Å². The van der Waals surface area contributed by atoms with Crippen LogP contribution in [0.15, 0.2) is 39.6 Å². The van der Waals surface area contributed by atoms with E-state index in [1.807, 2.05) is 30.3 Å². The summed E-state index contributed by atoms with van der Waals surface area (Å²) >= 11 is 0. The molecule has 3 rings (SSSR count). The number of rotatable bonds is 3. The van der Waals surface area contributed by atoms with Crippen LogP contribution >= 0.6 is 0 Å². The number of hydrogen-bond donors (Lipinski definition) is 1. The zero-order valence-corrected chi connectivity index (χ0v) is 14.6. The minimum absolute atomic E-state index is 0.203. The van der Waals surface area contributed by atoms with Gasteiger partial charge in [-0.3, -0.25) is 0 Å². The predicted octanol–water partition coefficient (Wildman–Crippen LogP) is 3.58. The number of fused-ring (bicyclic) bond motifs is 1. The highest BCUT2D eigenvalue weighted by atomic mass is 32.2. The molecule has 4 heteroatoms. The normalized spacial score (nSPS) is 40.2. The largest absolute Gasteiger partial charge is 0.389 e. The molecule has 2 fully saturated rings. The summed E-state index contributed by atoms with van der Waals surface area (Å²) in [6.45, 7) is 4.44. The highest BCUT2D eigenvalue weighted by molar-refractivity contribution is 7.93. The Hall–Kier alpha value is -0.870. The van der Waals surface area contributed by atoms with Crippen LogP contribution in [0.25, 0.3) is 0 Å². The zero-order chi connectivity index (χ0) is 16.0. The van der Waals surface area contributed by atoms with Gasteiger partial charge >= 0.3 is 0 Å². The number of nitrogens with zero attached hydrogens (tertiary/aromatic N) is 1. The maximum absolute atomic E-state index is 13.3. The van der Waals surface area contributed by atoms with E-state index < -0.39 is 15.3 Å². The van der Waals surface area contributed by atoms with Crippen molar-refractivity contribution in [3.8, 4) is 0 Å². The molecule has 0 spiro atoms. The van der Waals surface area contributed by atoms with E-state index >= 15 is 0 Å². The fourth-order valence-corrected chi connectivity index (χ4v) is 6.83. The maximum atomic E-state index is 13.3. The Balaban J connectivity index is 1.90. The molecule has 2 aliphatic rings. The molecule has 0 unspecified atom stereocenters. The molecule has 0 bridgehead atoms. The van der Waals surface area contributed by atoms with E-state index in [-0.39, 0.29) is 11.7 Å². The average Bonchev–Trinajstić information content (AvgIpc) is 2.99. The molecular formula is C18H27NO2S. The summed E-state index contributed by atoms with van der Waals surface area (Å²) in [5, 5.41) is 11.3. The molecule has 0 aliphatic heterocycles. The molecule has 1 aromatic rings. The van der Waals surface area contributed by atoms with Gasteiger partial charge in [-0.05, 0) is 48.6 Å². The van der Waals surface area contributed by atoms with Crippen LogP contribution in [0.2, 0.25) is 0 Å². The highest BCUT2D eigenvalue weighted by Gasteiger charge is 2.54. The lowest BCUT2D eigenvalue weighted by Gasteiger charge is -2.31. The monoisotopic (exact) mass is 321 g/mol. The van der Waals surface area contributed by atoms with Crippen LogP contribution in [0.5, 0.6) is 0 Å². The topological polar surface area (TPSA) is 49.7 Å². The van der Waals surface area contributed by atoms with Gasteiger partial charge in [0, 0.05) is 11.9 Å². The van der Waals surface area contributed by atoms with Crippen molar-refractivity contribution in [3.63, 3.8) is 0 Å². The Bertz CT molecular complexity index is 650. The molecule has 0 heterocycles. The Kier molecular flexibility index (Phi) is 4.11. The lowest BCUT2D eigenvalue weighted by molar-refractivity contribution is 0.0186. The molecule has 0 amide bonds. The summed E-state index contributed by atoms with van der Waals surface area (Å²) in [5.41, 5.74) is -0.851. The predicted molar refractivity (Wildman–Crippen MR) is 90.2 cm³/mol. The second kappa shape index (κ2) is 5.64. The van der Waals surface area contributed by atoms with E-state index in [1.54, 1.807) is 7.05 Å². The average molecular weight is 321 g/mol. The van der Waals surface area contributed by atoms with Gasteiger partial charge in [0.25, 0.3) is 0 Å². The molecule has 22 heavy (non-hydrogen) atoms. The fourth-order valence-electron chi connectivity index (χ4n) is 4.69. The van der Waals surface area contributed by atoms with Crippen molar-refractivity contribution < 1.29 is 9.32 Å². The van der Waals surface area contributed by atoms with Crippen LogP contribution in [-0.2, 0) is 9.73 Å². The van der Waals surface area contributed by atoms with Gasteiger partial charge in [0.2, 0.25) is 0 Å². The van der Waals surface area contributed by atoms with Crippen LogP contribution in [0.4, 0.5) is 0 Å². The van der Waals surface area contributed by atoms with E-state index in [0.29, 0.717) is 17.8 Å². The summed E-state index contributed by atoms with van der Waals surface area (Å²) in [4.78, 5) is 0.739. The Morgan fingerprint density at radius 3 is 2.50 bits per heavy atom. The molecule has 1 N–H and O–H groups in total. The third kappa shape index (κ3) is 2.50. The van der Waals surface area contributed by atoms with Crippen LogP contribution < -0.4 is 0 Å². The van der Waals surface area contributed by atoms with Crippen LogP contribution in [0, 0.1) is 23.7 Å². The molecule has 0 radical (unpaired) electrons. The van der Waals surface area contributed by atoms with Gasteiger partial charge in [-0.15, -0.1) is 0 Å². The fraction of sp³-hybridized carbons (Fsp3) is 0.667. The Labute approximate surface area is 134 Å². The molecule has 0 aromatic heterocycles. The van der Waals surface area contributed by atoms with Crippen LogP contribution in [-0.4, -0.2) is 27.7 Å². The summed E-state index contributed by atoms with van der Waals surface area (Å²) in [6.07, 6.45) is 3.24. The van der Waals surface area contributed by atoms with Crippen molar-refractivity contribution in [2.45, 2.75) is 43.6 Å². The van der Waals surface area contributed by atoms with Crippen LogP contribution in [0.1, 0.15) is 33.1 Å². The van der Waals surface area contributed by atoms with Gasteiger partial charge in [-0.2, -0.15) is 0 Å². The van der Waals surface area contributed by atoms with Crippen molar-refractivity contribution in [2.75, 3.05) is 12.8 Å². The van der Waals surface area contributed by atoms with Gasteiger partial charge in [-0.25, -0.2) is 8.57 Å². The number of aliphatic hydroxyl groups is 1. The van der Waals surface area contributed by atoms with Crippen molar-refractivity contribution in [1.82, 2.24) is 0 Å². The first-order chi connectivity index (χ1) is 10.4. The number of hydrogen-bond acceptors (Lipinski definition) is 3. The second-order valence-electron chi connectivity index (χ2n) is 7.26. The Morgan fingerprint density at radius 2 is 1.91 bits per heavy atom. The smallest absolute Gasteiger partial charge is 0.0805 e. The van der Waals surface area contributed by atoms with E-state index in [2.05, 4.69) is 18.2 Å². The summed E-state index contributed by atoms with van der Waals surface area (Å²) in [7, 11) is -0.941. The second-order valence-corrected chi connectivity index (χ2v) is 9.67. The molecule has 6 atom stereocenters. The van der Waals surface area contributed by atoms with Gasteiger partial charge in [0.1, 0.15) is 0 Å². The van der Waals surface area contributed by atoms with Gasteiger partial charge in [-0.1, -0.05) is 38.5 Å². The molecule has 3 nitrogen and oxygen atoms in total. The lowest BCUT2D eigenvalue weighted by atomic mass is 9.87. The SMILES string of the molecule is CN=[S@](=O)(C[C@@]1(O)C[C@H]2[C@H](CC[C@@H]2C)[C@H]1C)c1ccccc1. The van der Waals surface area contributed by atoms with Crippen LogP contribution in [0.3, 0.4) is 0 Å². The van der Waals surface area contributed by atoms with E-state index in [4.69, 9.17) is 0 Å². The number of benzene rings is 1. The zero-order valence-electron chi connectivity index (χ0n) is 13.7. The van der Waals surface area contributed by atoms with E-state index in [9.17, 15) is 9.32 Å². The third-order valence-corrected chi connectivity index (χ3v) is 8.66. The minimum Gasteiger partial charge on any atom is -0.389 e. The minimum atomic E-state index is -2.55. The van der Waals surface area contributed by atoms with Crippen molar-refractivity contribution in [1.29, 1.82) is 0 Å². The first-order valence-corrected chi connectivity index (χ1v) is 9.98. The summed E-state index contributed by atoms with van der Waals surface area (Å²) < 4.78 is 17.6. The first-order valence-electron chi connectivity index (χ1n) is 8.30. The van der Waals surface area contributed by atoms with E-state index in [0.717, 1.165) is 11.3 Å². The molecule has 1 aromatic carbocycles. The van der Waals surface area contributed by atoms with Gasteiger partial charge in [0.05, 0.1) is 21.1 Å². The maximum Gasteiger partial charge on any atom is 0.0805 e. The van der Waals surface area contributed by atoms with Crippen molar-refractivity contribution >= 4 is 9.73 Å². The Morgan fingerprint density at radius 1 is 1.23 bits per heavy atom. The molecule has 122 valence electrons. The first kappa shape index (κ1) is 16.0. The summed E-state index contributed by atoms with van der Waals surface area (Å²) in [6, 6.07) is 9.42. The molecule has 0 saturated heterocycles. The lowest BCUT2D eigenvalue weighted by Crippen LogP contribution is -2.41. The third-order valence-electron chi connectivity index (χ3n) is 6.17. The molecule has 2 saturated carbocycles. The van der Waals surface area contributed by atoms with Gasteiger partial charge < -0.3 is 5.11 Å². The van der Waals surface area contributed by atoms with Gasteiger partial charge in [0.15, 0.2) is 0 Å². The quantitative estimate of drug-likeness (QED) is 0.925. The standard InChI is InChI=1S/C18H27NO2S/c1-13-9-10-16-14(2)18(20,11-17(13)16)12-22(21,19-3)15-7-5-4-6-8-15/h4-8,13-14,16-17,20H,9-12H2,1-3H3/t13-,14+,16+,17+,18-,22-/m0/s1. The molecular weight excluding hydrogens is 294 g/mol. The highest BCUT2D eigenvalue weighted by Crippen LogP contribution is 2.55. The molecule has 2 aliphatic carbocycles. The summed E-state index contributed by atoms with van der Waals surface area (Å²) in [5.74, 6) is 2.30. The van der Waals surface area contributed by atoms with E-state index in [1.165, 1.54) is 12.8 Å².